The number of anilines is 2. The van der Waals surface area contributed by atoms with E-state index in [2.05, 4.69) is 15.0 Å². The second kappa shape index (κ2) is 7.78. The highest BCUT2D eigenvalue weighted by molar-refractivity contribution is 5.87. The van der Waals surface area contributed by atoms with Gasteiger partial charge in [-0.25, -0.2) is 0 Å². The maximum absolute atomic E-state index is 9.36. The molecule has 1 heterocycles. The molecule has 8 heteroatoms. The molecule has 1 aromatic carbocycles. The number of aromatic nitrogens is 3. The quantitative estimate of drug-likeness (QED) is 0.769. The van der Waals surface area contributed by atoms with Gasteiger partial charge in [0.15, 0.2) is 17.3 Å². The van der Waals surface area contributed by atoms with Crippen LogP contribution in [0, 0.1) is 11.3 Å². The number of nitrogens with zero attached hydrogens (tertiary/aromatic N) is 4. The van der Waals surface area contributed by atoms with Crippen LogP contribution < -0.4 is 20.9 Å². The highest BCUT2D eigenvalue weighted by Gasteiger charge is 2.10. The van der Waals surface area contributed by atoms with Crippen LogP contribution in [0.25, 0.3) is 11.6 Å². The molecule has 0 aliphatic heterocycles. The van der Waals surface area contributed by atoms with Crippen LogP contribution in [0.3, 0.4) is 0 Å². The van der Waals surface area contributed by atoms with Crippen molar-refractivity contribution in [3.63, 3.8) is 0 Å². The van der Waals surface area contributed by atoms with E-state index in [1.807, 2.05) is 13.0 Å². The maximum Gasteiger partial charge on any atom is 0.225 e. The first-order valence-corrected chi connectivity index (χ1v) is 7.27. The smallest absolute Gasteiger partial charge is 0.225 e. The van der Waals surface area contributed by atoms with Crippen LogP contribution in [0.1, 0.15) is 24.7 Å². The van der Waals surface area contributed by atoms with E-state index in [0.29, 0.717) is 18.1 Å². The minimum absolute atomic E-state index is 0.0421. The van der Waals surface area contributed by atoms with Crippen molar-refractivity contribution in [2.75, 3.05) is 25.2 Å². The first-order chi connectivity index (χ1) is 11.6. The molecule has 0 spiro atoms. The van der Waals surface area contributed by atoms with Crippen molar-refractivity contribution < 1.29 is 9.47 Å². The van der Waals surface area contributed by atoms with Crippen LogP contribution in [0.15, 0.2) is 18.2 Å². The fraction of sp³-hybridized carbons (Fsp3) is 0.250. The second-order valence-electron chi connectivity index (χ2n) is 4.80. The topological polar surface area (TPSA) is 133 Å². The van der Waals surface area contributed by atoms with Crippen LogP contribution in [0.2, 0.25) is 0 Å². The van der Waals surface area contributed by atoms with Crippen LogP contribution in [0.5, 0.6) is 11.5 Å². The van der Waals surface area contributed by atoms with Gasteiger partial charge in [-0.3, -0.25) is 0 Å². The minimum atomic E-state index is -0.0421. The fourth-order valence-electron chi connectivity index (χ4n) is 1.95. The number of hydrogen-bond acceptors (Lipinski definition) is 8. The first-order valence-electron chi connectivity index (χ1n) is 7.27. The van der Waals surface area contributed by atoms with Gasteiger partial charge in [0.25, 0.3) is 0 Å². The Labute approximate surface area is 139 Å². The monoisotopic (exact) mass is 326 g/mol. The van der Waals surface area contributed by atoms with Crippen molar-refractivity contribution in [2.24, 2.45) is 0 Å². The number of rotatable bonds is 6. The average Bonchev–Trinajstić information content (AvgIpc) is 2.57. The van der Waals surface area contributed by atoms with Crippen LogP contribution in [-0.2, 0) is 0 Å². The molecule has 4 N–H and O–H groups in total. The van der Waals surface area contributed by atoms with Crippen LogP contribution >= 0.6 is 0 Å². The third-order valence-corrected chi connectivity index (χ3v) is 2.99. The number of nitrogen functional groups attached to an aromatic ring is 2. The lowest BCUT2D eigenvalue weighted by Crippen LogP contribution is -2.06. The Morgan fingerprint density at radius 2 is 1.92 bits per heavy atom. The van der Waals surface area contributed by atoms with Crippen molar-refractivity contribution in [1.82, 2.24) is 15.0 Å². The van der Waals surface area contributed by atoms with E-state index >= 15 is 0 Å². The SMILES string of the molecule is CCCOc1ccc(/C=C(/C#N)c2nc(N)nc(N)n2)cc1OC. The lowest BCUT2D eigenvalue weighted by atomic mass is 10.1. The summed E-state index contributed by atoms with van der Waals surface area (Å²) in [5.41, 5.74) is 12.0. The highest BCUT2D eigenvalue weighted by atomic mass is 16.5. The van der Waals surface area contributed by atoms with E-state index in [4.69, 9.17) is 20.9 Å². The van der Waals surface area contributed by atoms with Crippen molar-refractivity contribution in [3.05, 3.63) is 29.6 Å². The zero-order valence-corrected chi connectivity index (χ0v) is 13.5. The largest absolute Gasteiger partial charge is 0.493 e. The van der Waals surface area contributed by atoms with E-state index in [9.17, 15) is 5.26 Å². The summed E-state index contributed by atoms with van der Waals surface area (Å²) in [6.07, 6.45) is 2.51. The van der Waals surface area contributed by atoms with Gasteiger partial charge in [0.2, 0.25) is 11.9 Å². The van der Waals surface area contributed by atoms with Crippen LogP contribution in [-0.4, -0.2) is 28.7 Å². The molecule has 0 bridgehead atoms. The Morgan fingerprint density at radius 3 is 2.50 bits per heavy atom. The standard InChI is InChI=1S/C16H18N6O2/c1-3-6-24-12-5-4-10(8-13(12)23-2)7-11(9-17)14-20-15(18)22-16(19)21-14/h4-5,7-8H,3,6H2,1-2H3,(H4,18,19,20,21,22)/b11-7-. The Balaban J connectivity index is 2.39. The van der Waals surface area contributed by atoms with Gasteiger partial charge in [-0.2, -0.15) is 20.2 Å². The van der Waals surface area contributed by atoms with Gasteiger partial charge >= 0.3 is 0 Å². The molecule has 0 fully saturated rings. The molecule has 0 atom stereocenters. The molecule has 2 rings (SSSR count). The van der Waals surface area contributed by atoms with Crippen molar-refractivity contribution in [3.8, 4) is 17.6 Å². The van der Waals surface area contributed by atoms with Crippen molar-refractivity contribution in [1.29, 1.82) is 5.26 Å². The summed E-state index contributed by atoms with van der Waals surface area (Å²) in [4.78, 5) is 11.5. The number of ether oxygens (including phenoxy) is 2. The van der Waals surface area contributed by atoms with E-state index in [-0.39, 0.29) is 23.3 Å². The molecule has 0 saturated heterocycles. The zero-order chi connectivity index (χ0) is 17.5. The van der Waals surface area contributed by atoms with Gasteiger partial charge in [-0.15, -0.1) is 0 Å². The average molecular weight is 326 g/mol. The molecular formula is C16H18N6O2. The predicted octanol–water partition coefficient (Wildman–Crippen LogP) is 1.90. The number of benzene rings is 1. The Hall–Kier alpha value is -3.34. The van der Waals surface area contributed by atoms with Gasteiger partial charge in [-0.05, 0) is 30.2 Å². The van der Waals surface area contributed by atoms with E-state index in [1.165, 1.54) is 0 Å². The number of nitrogens with two attached hydrogens (primary N) is 2. The molecule has 24 heavy (non-hydrogen) atoms. The van der Waals surface area contributed by atoms with Crippen molar-refractivity contribution >= 4 is 23.5 Å². The Kier molecular flexibility index (Phi) is 5.52. The van der Waals surface area contributed by atoms with Crippen LogP contribution in [0.4, 0.5) is 11.9 Å². The summed E-state index contributed by atoms with van der Waals surface area (Å²) in [5.74, 6) is 1.25. The first kappa shape index (κ1) is 17.0. The molecule has 2 aromatic rings. The summed E-state index contributed by atoms with van der Waals surface area (Å²) in [6.45, 7) is 2.62. The molecule has 0 unspecified atom stereocenters. The number of hydrogen-bond donors (Lipinski definition) is 2. The molecule has 1 aromatic heterocycles. The van der Waals surface area contributed by atoms with Gasteiger partial charge in [-0.1, -0.05) is 13.0 Å². The molecule has 0 amide bonds. The number of allylic oxidation sites excluding steroid dienone is 1. The number of nitriles is 1. The second-order valence-corrected chi connectivity index (χ2v) is 4.80. The third kappa shape index (κ3) is 4.10. The fourth-order valence-corrected chi connectivity index (χ4v) is 1.95. The predicted molar refractivity (Wildman–Crippen MR) is 90.9 cm³/mol. The summed E-state index contributed by atoms with van der Waals surface area (Å²) in [6, 6.07) is 7.38. The minimum Gasteiger partial charge on any atom is -0.493 e. The summed E-state index contributed by atoms with van der Waals surface area (Å²) < 4.78 is 10.9. The summed E-state index contributed by atoms with van der Waals surface area (Å²) >= 11 is 0. The molecule has 0 aliphatic rings. The van der Waals surface area contributed by atoms with Gasteiger partial charge < -0.3 is 20.9 Å². The zero-order valence-electron chi connectivity index (χ0n) is 13.5. The third-order valence-electron chi connectivity index (χ3n) is 2.99. The Morgan fingerprint density at radius 1 is 1.21 bits per heavy atom. The van der Waals surface area contributed by atoms with Gasteiger partial charge in [0.1, 0.15) is 6.07 Å². The van der Waals surface area contributed by atoms with Crippen molar-refractivity contribution in [2.45, 2.75) is 13.3 Å². The molecular weight excluding hydrogens is 308 g/mol. The Bertz CT molecular complexity index is 777. The van der Waals surface area contributed by atoms with Gasteiger partial charge in [0, 0.05) is 0 Å². The summed E-state index contributed by atoms with van der Waals surface area (Å²) in [7, 11) is 1.56. The van der Waals surface area contributed by atoms with Gasteiger partial charge in [0.05, 0.1) is 19.3 Å². The highest BCUT2D eigenvalue weighted by Crippen LogP contribution is 2.29. The van der Waals surface area contributed by atoms with E-state index < -0.39 is 0 Å². The lowest BCUT2D eigenvalue weighted by molar-refractivity contribution is 0.294. The molecule has 124 valence electrons. The molecule has 8 nitrogen and oxygen atoms in total. The normalized spacial score (nSPS) is 11.0. The molecule has 0 saturated carbocycles. The molecule has 0 radical (unpaired) electrons. The molecule has 0 aliphatic carbocycles. The van der Waals surface area contributed by atoms with E-state index in [0.717, 1.165) is 12.0 Å². The number of methoxy groups -OCH3 is 1. The van der Waals surface area contributed by atoms with E-state index in [1.54, 1.807) is 31.4 Å². The lowest BCUT2D eigenvalue weighted by Gasteiger charge is -2.10. The maximum atomic E-state index is 9.36. The summed E-state index contributed by atoms with van der Waals surface area (Å²) in [5, 5.41) is 9.36.